The van der Waals surface area contributed by atoms with Crippen molar-refractivity contribution in [2.24, 2.45) is 0 Å². The lowest BCUT2D eigenvalue weighted by molar-refractivity contribution is -0.137. The Labute approximate surface area is 105 Å². The molecule has 0 aliphatic carbocycles. The maximum atomic E-state index is 13.6. The largest absolute Gasteiger partial charge is 0.490 e. The molecule has 0 N–H and O–H groups in total. The number of carbonyl (C=O) groups excluding carboxylic acids is 1. The second-order valence-electron chi connectivity index (χ2n) is 4.03. The normalized spacial score (nSPS) is 20.8. The Morgan fingerprint density at radius 1 is 1.56 bits per heavy atom. The summed E-state index contributed by atoms with van der Waals surface area (Å²) in [5.41, 5.74) is 0.532. The predicted octanol–water partition coefficient (Wildman–Crippen LogP) is 3.12. The minimum Gasteiger partial charge on any atom is -0.490 e. The zero-order valence-electron chi connectivity index (χ0n) is 10.2. The van der Waals surface area contributed by atoms with Gasteiger partial charge in [0.2, 0.25) is 0 Å². The first-order chi connectivity index (χ1) is 8.70. The second kappa shape index (κ2) is 5.67. The lowest BCUT2D eigenvalue weighted by atomic mass is 10.1. The molecule has 1 fully saturated rings. The number of carbonyl (C=O) groups is 1. The van der Waals surface area contributed by atoms with Gasteiger partial charge >= 0.3 is 5.97 Å². The molecule has 1 unspecified atom stereocenters. The van der Waals surface area contributed by atoms with Crippen molar-refractivity contribution in [1.82, 2.24) is 0 Å². The van der Waals surface area contributed by atoms with Crippen molar-refractivity contribution in [2.45, 2.75) is 25.9 Å². The van der Waals surface area contributed by atoms with Gasteiger partial charge in [0.05, 0.1) is 12.7 Å². The standard InChI is InChI=1S/C14H15FO3/c1-2-17-14(16)9-10-7-8-13(18-10)11-5-3-4-6-12(11)15/h3-6,9,13H,2,7-8H2,1H3/b10-9+. The van der Waals surface area contributed by atoms with E-state index in [1.54, 1.807) is 25.1 Å². The van der Waals surface area contributed by atoms with Crippen LogP contribution in [0.2, 0.25) is 0 Å². The Morgan fingerprint density at radius 3 is 3.06 bits per heavy atom. The minimum atomic E-state index is -0.415. The molecule has 1 aromatic rings. The molecule has 0 saturated carbocycles. The van der Waals surface area contributed by atoms with Gasteiger partial charge in [-0.05, 0) is 19.4 Å². The third-order valence-corrected chi connectivity index (χ3v) is 2.76. The fraction of sp³-hybridized carbons (Fsp3) is 0.357. The number of halogens is 1. The van der Waals surface area contributed by atoms with E-state index in [0.29, 0.717) is 30.8 Å². The van der Waals surface area contributed by atoms with Crippen LogP contribution in [0.15, 0.2) is 36.1 Å². The Hall–Kier alpha value is -1.84. The van der Waals surface area contributed by atoms with Gasteiger partial charge in [-0.25, -0.2) is 9.18 Å². The molecule has 0 bridgehead atoms. The highest BCUT2D eigenvalue weighted by molar-refractivity contribution is 5.82. The van der Waals surface area contributed by atoms with E-state index in [1.807, 2.05) is 0 Å². The van der Waals surface area contributed by atoms with Gasteiger partial charge in [0, 0.05) is 12.0 Å². The molecule has 1 aliphatic rings. The van der Waals surface area contributed by atoms with Gasteiger partial charge in [-0.15, -0.1) is 0 Å². The molecular formula is C14H15FO3. The number of esters is 1. The van der Waals surface area contributed by atoms with Crippen LogP contribution in [0.1, 0.15) is 31.4 Å². The number of hydrogen-bond acceptors (Lipinski definition) is 3. The van der Waals surface area contributed by atoms with Crippen LogP contribution in [0.25, 0.3) is 0 Å². The molecule has 1 heterocycles. The van der Waals surface area contributed by atoms with Crippen LogP contribution >= 0.6 is 0 Å². The maximum absolute atomic E-state index is 13.6. The van der Waals surface area contributed by atoms with Crippen molar-refractivity contribution in [1.29, 1.82) is 0 Å². The average Bonchev–Trinajstić information content (AvgIpc) is 2.78. The molecule has 1 aromatic carbocycles. The zero-order valence-corrected chi connectivity index (χ0v) is 10.2. The molecule has 0 aromatic heterocycles. The summed E-state index contributed by atoms with van der Waals surface area (Å²) in [6.45, 7) is 2.08. The topological polar surface area (TPSA) is 35.5 Å². The van der Waals surface area contributed by atoms with Crippen LogP contribution in [0, 0.1) is 5.82 Å². The van der Waals surface area contributed by atoms with E-state index < -0.39 is 5.97 Å². The zero-order chi connectivity index (χ0) is 13.0. The van der Waals surface area contributed by atoms with Gasteiger partial charge in [0.25, 0.3) is 0 Å². The summed E-state index contributed by atoms with van der Waals surface area (Å²) in [4.78, 5) is 11.3. The first-order valence-electron chi connectivity index (χ1n) is 5.99. The van der Waals surface area contributed by atoms with Crippen molar-refractivity contribution in [2.75, 3.05) is 6.61 Å². The molecular weight excluding hydrogens is 235 g/mol. The number of benzene rings is 1. The van der Waals surface area contributed by atoms with Crippen molar-refractivity contribution in [3.05, 3.63) is 47.5 Å². The lowest BCUT2D eigenvalue weighted by Gasteiger charge is -2.11. The summed E-state index contributed by atoms with van der Waals surface area (Å²) in [7, 11) is 0. The summed E-state index contributed by atoms with van der Waals surface area (Å²) in [5, 5.41) is 0. The fourth-order valence-electron chi connectivity index (χ4n) is 1.95. The first kappa shape index (κ1) is 12.6. The SMILES string of the molecule is CCOC(=O)/C=C1\CCC(c2ccccc2F)O1. The third kappa shape index (κ3) is 2.88. The average molecular weight is 250 g/mol. The van der Waals surface area contributed by atoms with E-state index in [4.69, 9.17) is 9.47 Å². The van der Waals surface area contributed by atoms with Gasteiger partial charge in [-0.3, -0.25) is 0 Å². The molecule has 0 spiro atoms. The van der Waals surface area contributed by atoms with E-state index in [-0.39, 0.29) is 11.9 Å². The lowest BCUT2D eigenvalue weighted by Crippen LogP contribution is -2.02. The quantitative estimate of drug-likeness (QED) is 0.610. The summed E-state index contributed by atoms with van der Waals surface area (Å²) < 4.78 is 23.9. The monoisotopic (exact) mass is 250 g/mol. The summed E-state index contributed by atoms with van der Waals surface area (Å²) in [6, 6.07) is 6.52. The molecule has 18 heavy (non-hydrogen) atoms. The van der Waals surface area contributed by atoms with Crippen molar-refractivity contribution in [3.8, 4) is 0 Å². The molecule has 1 atom stereocenters. The van der Waals surface area contributed by atoms with Crippen molar-refractivity contribution < 1.29 is 18.7 Å². The number of rotatable bonds is 3. The molecule has 1 aliphatic heterocycles. The Kier molecular flexibility index (Phi) is 3.97. The van der Waals surface area contributed by atoms with Gasteiger partial charge in [0.15, 0.2) is 0 Å². The second-order valence-corrected chi connectivity index (χ2v) is 4.03. The minimum absolute atomic E-state index is 0.278. The number of ether oxygens (including phenoxy) is 2. The highest BCUT2D eigenvalue weighted by Crippen LogP contribution is 2.35. The van der Waals surface area contributed by atoms with Crippen LogP contribution in [0.5, 0.6) is 0 Å². The van der Waals surface area contributed by atoms with Gasteiger partial charge in [-0.1, -0.05) is 18.2 Å². The highest BCUT2D eigenvalue weighted by Gasteiger charge is 2.25. The predicted molar refractivity (Wildman–Crippen MR) is 64.2 cm³/mol. The van der Waals surface area contributed by atoms with Crippen LogP contribution in [-0.2, 0) is 14.3 Å². The number of hydrogen-bond donors (Lipinski definition) is 0. The molecule has 0 radical (unpaired) electrons. The Bertz CT molecular complexity index is 468. The van der Waals surface area contributed by atoms with E-state index in [2.05, 4.69) is 0 Å². The smallest absolute Gasteiger partial charge is 0.334 e. The Balaban J connectivity index is 2.05. The molecule has 2 rings (SSSR count). The van der Waals surface area contributed by atoms with Crippen LogP contribution in [0.4, 0.5) is 4.39 Å². The molecule has 96 valence electrons. The van der Waals surface area contributed by atoms with Crippen LogP contribution in [-0.4, -0.2) is 12.6 Å². The van der Waals surface area contributed by atoms with Crippen LogP contribution in [0.3, 0.4) is 0 Å². The number of allylic oxidation sites excluding steroid dienone is 1. The maximum Gasteiger partial charge on any atom is 0.334 e. The molecule has 3 nitrogen and oxygen atoms in total. The molecule has 1 saturated heterocycles. The van der Waals surface area contributed by atoms with E-state index in [9.17, 15) is 9.18 Å². The summed E-state index contributed by atoms with van der Waals surface area (Å²) in [5.74, 6) is -0.136. The van der Waals surface area contributed by atoms with Crippen LogP contribution < -0.4 is 0 Å². The Morgan fingerprint density at radius 2 is 2.33 bits per heavy atom. The molecule has 4 heteroatoms. The van der Waals surface area contributed by atoms with Gasteiger partial charge in [0.1, 0.15) is 17.7 Å². The van der Waals surface area contributed by atoms with Gasteiger partial charge in [-0.2, -0.15) is 0 Å². The highest BCUT2D eigenvalue weighted by atomic mass is 19.1. The fourth-order valence-corrected chi connectivity index (χ4v) is 1.95. The summed E-state index contributed by atoms with van der Waals surface area (Å²) in [6.07, 6.45) is 2.32. The van der Waals surface area contributed by atoms with Crippen molar-refractivity contribution in [3.63, 3.8) is 0 Å². The van der Waals surface area contributed by atoms with E-state index >= 15 is 0 Å². The molecule has 0 amide bonds. The first-order valence-corrected chi connectivity index (χ1v) is 5.99. The van der Waals surface area contributed by atoms with Gasteiger partial charge < -0.3 is 9.47 Å². The van der Waals surface area contributed by atoms with E-state index in [0.717, 1.165) is 0 Å². The van der Waals surface area contributed by atoms with E-state index in [1.165, 1.54) is 12.1 Å². The summed E-state index contributed by atoms with van der Waals surface area (Å²) >= 11 is 0. The third-order valence-electron chi connectivity index (χ3n) is 2.76. The van der Waals surface area contributed by atoms with Crippen molar-refractivity contribution >= 4 is 5.97 Å².